The molecule has 0 spiro atoms. The Kier molecular flexibility index (Phi) is 6.91. The summed E-state index contributed by atoms with van der Waals surface area (Å²) in [4.78, 5) is 0. The zero-order chi connectivity index (χ0) is 7.07. The Morgan fingerprint density at radius 1 is 0.545 bits per heavy atom. The van der Waals surface area contributed by atoms with E-state index in [1.807, 2.05) is 60.7 Å². The molecule has 2 rings (SSSR count). The fourth-order valence-corrected chi connectivity index (χ4v) is 0.642. The molecule has 0 bridgehead atoms. The van der Waals surface area contributed by atoms with E-state index >= 15 is 0 Å². The van der Waals surface area contributed by atoms with Crippen LogP contribution in [-0.2, 0) is 18.6 Å². The third-order valence-corrected chi connectivity index (χ3v) is 1.11. The molecule has 0 saturated heterocycles. The predicted molar refractivity (Wildman–Crippen MR) is 44.1 cm³/mol. The maximum absolute atomic E-state index is 2.00. The molecule has 0 fully saturated rings. The zero-order valence-electron chi connectivity index (χ0n) is 6.22. The second kappa shape index (κ2) is 7.39. The number of hydrogen-bond acceptors (Lipinski definition) is 0. The van der Waals surface area contributed by atoms with Crippen LogP contribution in [0.3, 0.4) is 0 Å². The van der Waals surface area contributed by atoms with Gasteiger partial charge in [0.25, 0.3) is 0 Å². The first kappa shape index (κ1) is 10.3. The Hall–Kier alpha value is -0.716. The molecular weight excluding hydrogens is 171 g/mol. The minimum Gasteiger partial charge on any atom is -0.214 e. The van der Waals surface area contributed by atoms with Gasteiger partial charge in [-0.05, 0) is 0 Å². The van der Waals surface area contributed by atoms with Gasteiger partial charge in [0.15, 0.2) is 0 Å². The van der Waals surface area contributed by atoms with E-state index in [0.29, 0.717) is 0 Å². The minimum absolute atomic E-state index is 0. The maximum atomic E-state index is 2.00. The van der Waals surface area contributed by atoms with E-state index in [-0.39, 0.29) is 18.6 Å². The van der Waals surface area contributed by atoms with Crippen LogP contribution in [0.2, 0.25) is 0 Å². The van der Waals surface area contributed by atoms with Crippen molar-refractivity contribution in [1.82, 2.24) is 0 Å². The number of rotatable bonds is 0. The van der Waals surface area contributed by atoms with Gasteiger partial charge in [-0.3, -0.25) is 0 Å². The van der Waals surface area contributed by atoms with Crippen LogP contribution in [0.4, 0.5) is 0 Å². The van der Waals surface area contributed by atoms with Gasteiger partial charge in [0, 0.05) is 18.6 Å². The molecule has 0 aliphatic carbocycles. The van der Waals surface area contributed by atoms with Crippen molar-refractivity contribution in [3.05, 3.63) is 60.7 Å². The van der Waals surface area contributed by atoms with Crippen LogP contribution in [0.25, 0.3) is 0 Å². The summed E-state index contributed by atoms with van der Waals surface area (Å²) < 4.78 is 0. The first-order chi connectivity index (χ1) is 5.00. The van der Waals surface area contributed by atoms with Crippen molar-refractivity contribution in [1.29, 1.82) is 0 Å². The number of hydrogen-bond donors (Lipinski definition) is 0. The summed E-state index contributed by atoms with van der Waals surface area (Å²) in [5, 5.41) is 0. The summed E-state index contributed by atoms with van der Waals surface area (Å²) in [6, 6.07) is 20.0. The standard InChI is InChI=1S/2C5H5.V/c2*1-2-4-5-3-1;/h2*1-5H;/q2*-1;. The van der Waals surface area contributed by atoms with Crippen molar-refractivity contribution in [3.8, 4) is 0 Å². The van der Waals surface area contributed by atoms with Gasteiger partial charge in [-0.15, -0.1) is 0 Å². The Balaban J connectivity index is 0.000000167. The zero-order valence-corrected chi connectivity index (χ0v) is 7.62. The molecule has 0 aliphatic rings. The third-order valence-electron chi connectivity index (χ3n) is 1.11. The fraction of sp³-hybridized carbons (Fsp3) is 0. The van der Waals surface area contributed by atoms with Crippen LogP contribution in [0.15, 0.2) is 60.7 Å². The second-order valence-corrected chi connectivity index (χ2v) is 1.92. The molecule has 57 valence electrons. The molecule has 0 aliphatic heterocycles. The van der Waals surface area contributed by atoms with Gasteiger partial charge >= 0.3 is 0 Å². The summed E-state index contributed by atoms with van der Waals surface area (Å²) in [7, 11) is 0. The maximum Gasteiger partial charge on any atom is 0 e. The third kappa shape index (κ3) is 5.72. The van der Waals surface area contributed by atoms with Crippen molar-refractivity contribution < 1.29 is 18.6 Å². The van der Waals surface area contributed by atoms with Crippen molar-refractivity contribution in [2.24, 2.45) is 0 Å². The SMILES string of the molecule is [V].c1cc[cH-]c1.c1cc[cH-]c1. The van der Waals surface area contributed by atoms with E-state index in [1.165, 1.54) is 0 Å². The summed E-state index contributed by atoms with van der Waals surface area (Å²) in [5.41, 5.74) is 0. The summed E-state index contributed by atoms with van der Waals surface area (Å²) >= 11 is 0. The monoisotopic (exact) mass is 181 g/mol. The van der Waals surface area contributed by atoms with Gasteiger partial charge in [0.05, 0.1) is 0 Å². The van der Waals surface area contributed by atoms with Gasteiger partial charge in [-0.2, -0.15) is 36.4 Å². The van der Waals surface area contributed by atoms with Gasteiger partial charge in [-0.25, -0.2) is 24.3 Å². The molecule has 1 heteroatoms. The minimum atomic E-state index is 0. The molecule has 2 aromatic carbocycles. The molecule has 0 heterocycles. The van der Waals surface area contributed by atoms with E-state index in [4.69, 9.17) is 0 Å². The Morgan fingerprint density at radius 3 is 0.909 bits per heavy atom. The molecule has 0 amide bonds. The Labute approximate surface area is 79.5 Å². The Morgan fingerprint density at radius 2 is 0.818 bits per heavy atom. The molecule has 2 aromatic rings. The van der Waals surface area contributed by atoms with Crippen LogP contribution in [0, 0.1) is 0 Å². The largest absolute Gasteiger partial charge is 0.214 e. The van der Waals surface area contributed by atoms with E-state index in [0.717, 1.165) is 0 Å². The predicted octanol–water partition coefficient (Wildman–Crippen LogP) is 2.81. The topological polar surface area (TPSA) is 0 Å². The Bertz CT molecular complexity index is 144. The molecule has 0 atom stereocenters. The summed E-state index contributed by atoms with van der Waals surface area (Å²) in [6.45, 7) is 0. The fourth-order valence-electron chi connectivity index (χ4n) is 0.642. The van der Waals surface area contributed by atoms with E-state index < -0.39 is 0 Å². The molecule has 0 nitrogen and oxygen atoms in total. The van der Waals surface area contributed by atoms with Crippen molar-refractivity contribution in [3.63, 3.8) is 0 Å². The quantitative estimate of drug-likeness (QED) is 0.548. The van der Waals surface area contributed by atoms with Crippen LogP contribution in [-0.4, -0.2) is 0 Å². The van der Waals surface area contributed by atoms with Gasteiger partial charge < -0.3 is 0 Å². The first-order valence-corrected chi connectivity index (χ1v) is 3.33. The van der Waals surface area contributed by atoms with E-state index in [9.17, 15) is 0 Å². The van der Waals surface area contributed by atoms with Crippen molar-refractivity contribution in [2.75, 3.05) is 0 Å². The average molecular weight is 181 g/mol. The molecule has 1 radical (unpaired) electrons. The van der Waals surface area contributed by atoms with Gasteiger partial charge in [0.1, 0.15) is 0 Å². The molecule has 0 N–H and O–H groups in total. The van der Waals surface area contributed by atoms with Crippen LogP contribution >= 0.6 is 0 Å². The molecule has 0 unspecified atom stereocenters. The van der Waals surface area contributed by atoms with Crippen LogP contribution < -0.4 is 0 Å². The smallest absolute Gasteiger partial charge is 0 e. The summed E-state index contributed by atoms with van der Waals surface area (Å²) in [5.74, 6) is 0. The summed E-state index contributed by atoms with van der Waals surface area (Å²) in [6.07, 6.45) is 0. The van der Waals surface area contributed by atoms with Crippen molar-refractivity contribution >= 4 is 0 Å². The molecule has 0 saturated carbocycles. The first-order valence-electron chi connectivity index (χ1n) is 3.33. The average Bonchev–Trinajstić information content (AvgIpc) is 2.67. The van der Waals surface area contributed by atoms with E-state index in [2.05, 4.69) is 0 Å². The molecule has 0 aromatic heterocycles. The van der Waals surface area contributed by atoms with Gasteiger partial charge in [0.2, 0.25) is 0 Å². The van der Waals surface area contributed by atoms with Crippen LogP contribution in [0.5, 0.6) is 0 Å². The van der Waals surface area contributed by atoms with Crippen molar-refractivity contribution in [2.45, 2.75) is 0 Å². The molecule has 11 heavy (non-hydrogen) atoms. The normalized spacial score (nSPS) is 7.27. The molecular formula is C10H10V-2. The van der Waals surface area contributed by atoms with E-state index in [1.54, 1.807) is 0 Å². The van der Waals surface area contributed by atoms with Gasteiger partial charge in [-0.1, -0.05) is 0 Å². The second-order valence-electron chi connectivity index (χ2n) is 1.92. The van der Waals surface area contributed by atoms with Crippen LogP contribution in [0.1, 0.15) is 0 Å².